The van der Waals surface area contributed by atoms with E-state index in [1.165, 1.54) is 0 Å². The molecule has 8 bridgehead atoms. The van der Waals surface area contributed by atoms with Gasteiger partial charge in [-0.05, 0) is 119 Å². The Labute approximate surface area is 332 Å². The van der Waals surface area contributed by atoms with Gasteiger partial charge in [0.05, 0.1) is 44.8 Å². The van der Waals surface area contributed by atoms with Gasteiger partial charge in [0.25, 0.3) is 0 Å². The van der Waals surface area contributed by atoms with Crippen LogP contribution in [0.4, 0.5) is 0 Å². The van der Waals surface area contributed by atoms with Gasteiger partial charge in [0.2, 0.25) is 0 Å². The molecule has 4 aromatic carbocycles. The van der Waals surface area contributed by atoms with Gasteiger partial charge in [0.15, 0.2) is 0 Å². The van der Waals surface area contributed by atoms with Crippen molar-refractivity contribution in [3.63, 3.8) is 0 Å². The third-order valence-corrected chi connectivity index (χ3v) is 11.1. The van der Waals surface area contributed by atoms with Gasteiger partial charge in [0.1, 0.15) is 0 Å². The number of hydrogen-bond donors (Lipinski definition) is 0. The molecule has 9 rings (SSSR count). The number of rotatable bonds is 4. The summed E-state index contributed by atoms with van der Waals surface area (Å²) >= 11 is 25.7. The SMILES string of the molecule is Cn1c2ccc1c(-c1ccc(Cl)cc1)c1nc(c(-c3ccc(Cl)cc3)c3ccc(c(-c4ccc(Cl)cc4)c4nc(c2-c2ccc(Cl)cc2)C=C4)n3C)C=C1. The molecule has 0 saturated carbocycles. The van der Waals surface area contributed by atoms with E-state index in [1.54, 1.807) is 0 Å². The summed E-state index contributed by atoms with van der Waals surface area (Å²) in [7, 11) is 4.18. The van der Waals surface area contributed by atoms with Gasteiger partial charge in [0, 0.05) is 56.4 Å². The van der Waals surface area contributed by atoms with Crippen LogP contribution < -0.4 is 0 Å². The lowest BCUT2D eigenvalue weighted by molar-refractivity contribution is 1.01. The summed E-state index contributed by atoms with van der Waals surface area (Å²) in [5, 5.41) is 2.67. The van der Waals surface area contributed by atoms with Crippen LogP contribution in [-0.4, -0.2) is 19.1 Å². The lowest BCUT2D eigenvalue weighted by Crippen LogP contribution is -1.96. The van der Waals surface area contributed by atoms with Crippen molar-refractivity contribution in [3.05, 3.63) is 164 Å². The Balaban J connectivity index is 1.51. The van der Waals surface area contributed by atoms with Crippen molar-refractivity contribution in [2.45, 2.75) is 0 Å². The molecule has 0 N–H and O–H groups in total. The summed E-state index contributed by atoms with van der Waals surface area (Å²) < 4.78 is 4.44. The van der Waals surface area contributed by atoms with Gasteiger partial charge in [-0.2, -0.15) is 0 Å². The van der Waals surface area contributed by atoms with Gasteiger partial charge < -0.3 is 9.13 Å². The Kier molecular flexibility index (Phi) is 8.80. The Bertz CT molecular complexity index is 2460. The molecular formula is C46H30Cl4N4. The van der Waals surface area contributed by atoms with Crippen molar-refractivity contribution in [1.82, 2.24) is 19.1 Å². The Hall–Kier alpha value is -5.36. The molecule has 0 spiro atoms. The van der Waals surface area contributed by atoms with Crippen LogP contribution in [0.2, 0.25) is 20.1 Å². The Morgan fingerprint density at radius 1 is 0.315 bits per heavy atom. The predicted octanol–water partition coefficient (Wildman–Crippen LogP) is 14.0. The maximum atomic E-state index is 6.42. The van der Waals surface area contributed by atoms with Gasteiger partial charge in [-0.15, -0.1) is 0 Å². The number of fused-ring (bicyclic) bond motifs is 8. The quantitative estimate of drug-likeness (QED) is 0.178. The molecule has 0 unspecified atom stereocenters. The standard InChI is InChI=1S/C46H30Cl4N4/c1-53-39-23-24-40(53)44(28-5-13-32(48)14-6-28)36-20-22-38(52-36)46(30-9-17-34(50)18-10-30)42-26-25-41(54(42)2)45(29-7-15-33(49)16-8-29)37-21-19-35(51-37)43(39)27-3-11-31(47)12-4-27/h3-26H,1-2H3. The molecule has 0 radical (unpaired) electrons. The molecule has 5 heterocycles. The van der Waals surface area contributed by atoms with Crippen molar-refractivity contribution in [2.75, 3.05) is 0 Å². The second kappa shape index (κ2) is 13.8. The van der Waals surface area contributed by atoms with E-state index in [4.69, 9.17) is 56.4 Å². The molecule has 0 amide bonds. The molecule has 54 heavy (non-hydrogen) atoms. The number of halogens is 4. The lowest BCUT2D eigenvalue weighted by Gasteiger charge is -2.11. The zero-order valence-corrected chi connectivity index (χ0v) is 32.2. The van der Waals surface area contributed by atoms with E-state index >= 15 is 0 Å². The van der Waals surface area contributed by atoms with Crippen molar-refractivity contribution in [1.29, 1.82) is 0 Å². The van der Waals surface area contributed by atoms with E-state index in [0.717, 1.165) is 89.4 Å². The molecule has 4 nitrogen and oxygen atoms in total. The van der Waals surface area contributed by atoms with Crippen LogP contribution in [0.1, 0.15) is 22.8 Å². The largest absolute Gasteiger partial charge is 0.343 e. The minimum atomic E-state index is 0.667. The fourth-order valence-electron chi connectivity index (χ4n) is 7.48. The number of nitrogens with zero attached hydrogens (tertiary/aromatic N) is 4. The highest BCUT2D eigenvalue weighted by molar-refractivity contribution is 6.31. The summed E-state index contributed by atoms with van der Waals surface area (Å²) in [6.07, 6.45) is 8.40. The molecule has 0 atom stereocenters. The van der Waals surface area contributed by atoms with Crippen molar-refractivity contribution in [3.8, 4) is 44.5 Å². The molecule has 2 aliphatic heterocycles. The molecule has 7 aromatic rings. The molecule has 0 aliphatic carbocycles. The minimum Gasteiger partial charge on any atom is -0.343 e. The molecule has 0 fully saturated rings. The van der Waals surface area contributed by atoms with Crippen molar-refractivity contribution in [2.24, 2.45) is 14.1 Å². The number of benzene rings is 4. The van der Waals surface area contributed by atoms with Crippen LogP contribution in [-0.2, 0) is 14.1 Å². The predicted molar refractivity (Wildman–Crippen MR) is 230 cm³/mol. The molecular weight excluding hydrogens is 750 g/mol. The third kappa shape index (κ3) is 6.06. The van der Waals surface area contributed by atoms with Crippen LogP contribution in [0.3, 0.4) is 0 Å². The zero-order chi connectivity index (χ0) is 37.1. The van der Waals surface area contributed by atoms with E-state index in [-0.39, 0.29) is 0 Å². The average Bonchev–Trinajstić information content (AvgIpc) is 3.99. The van der Waals surface area contributed by atoms with Gasteiger partial charge in [-0.1, -0.05) is 94.9 Å². The van der Waals surface area contributed by atoms with Crippen LogP contribution in [0, 0.1) is 0 Å². The highest BCUT2D eigenvalue weighted by Gasteiger charge is 2.21. The first-order valence-electron chi connectivity index (χ1n) is 17.4. The van der Waals surface area contributed by atoms with E-state index in [2.05, 4.69) is 71.8 Å². The summed E-state index contributed by atoms with van der Waals surface area (Å²) in [6, 6.07) is 40.4. The van der Waals surface area contributed by atoms with Crippen LogP contribution >= 0.6 is 46.4 Å². The van der Waals surface area contributed by atoms with Crippen LogP contribution in [0.25, 0.3) is 90.9 Å². The molecule has 262 valence electrons. The number of aryl methyl sites for hydroxylation is 2. The summed E-state index contributed by atoms with van der Waals surface area (Å²) in [6.45, 7) is 0. The molecule has 3 aromatic heterocycles. The Morgan fingerprint density at radius 3 is 0.722 bits per heavy atom. The Morgan fingerprint density at radius 2 is 0.519 bits per heavy atom. The number of aromatic nitrogens is 4. The lowest BCUT2D eigenvalue weighted by atomic mass is 10.0. The van der Waals surface area contributed by atoms with E-state index in [1.807, 2.05) is 97.1 Å². The summed E-state index contributed by atoms with van der Waals surface area (Å²) in [5.41, 5.74) is 15.2. The van der Waals surface area contributed by atoms with E-state index in [0.29, 0.717) is 20.1 Å². The average molecular weight is 781 g/mol. The maximum Gasteiger partial charge on any atom is 0.0737 e. The zero-order valence-electron chi connectivity index (χ0n) is 29.2. The fourth-order valence-corrected chi connectivity index (χ4v) is 7.99. The third-order valence-electron chi connectivity index (χ3n) is 10.1. The topological polar surface area (TPSA) is 35.6 Å². The van der Waals surface area contributed by atoms with Gasteiger partial charge in [-0.25, -0.2) is 9.97 Å². The van der Waals surface area contributed by atoms with Crippen molar-refractivity contribution >= 4 is 92.8 Å². The first-order chi connectivity index (χ1) is 26.2. The first kappa shape index (κ1) is 34.4. The van der Waals surface area contributed by atoms with E-state index in [9.17, 15) is 0 Å². The van der Waals surface area contributed by atoms with Crippen LogP contribution in [0.15, 0.2) is 121 Å². The highest BCUT2D eigenvalue weighted by atomic mass is 35.5. The van der Waals surface area contributed by atoms with Crippen molar-refractivity contribution < 1.29 is 0 Å². The second-order valence-electron chi connectivity index (χ2n) is 13.3. The fraction of sp³-hybridized carbons (Fsp3) is 0.0435. The smallest absolute Gasteiger partial charge is 0.0737 e. The van der Waals surface area contributed by atoms with Gasteiger partial charge in [-0.3, -0.25) is 0 Å². The highest BCUT2D eigenvalue weighted by Crippen LogP contribution is 2.40. The molecule has 8 heteroatoms. The summed E-state index contributed by atoms with van der Waals surface area (Å²) in [5.74, 6) is 0. The van der Waals surface area contributed by atoms with E-state index < -0.39 is 0 Å². The molecule has 0 saturated heterocycles. The first-order valence-corrected chi connectivity index (χ1v) is 18.9. The summed E-state index contributed by atoms with van der Waals surface area (Å²) in [4.78, 5) is 10.8. The maximum absolute atomic E-state index is 6.42. The van der Waals surface area contributed by atoms with Gasteiger partial charge >= 0.3 is 0 Å². The number of hydrogen-bond acceptors (Lipinski definition) is 2. The monoisotopic (exact) mass is 778 g/mol. The van der Waals surface area contributed by atoms with Crippen LogP contribution in [0.5, 0.6) is 0 Å². The minimum absolute atomic E-state index is 0.667. The normalized spacial score (nSPS) is 12.1. The molecule has 2 aliphatic rings. The second-order valence-corrected chi connectivity index (χ2v) is 15.0.